The molecule has 4 rings (SSSR count). The molecule has 2 heteroatoms. The number of phenolic OH excluding ortho intramolecular Hbond substituents is 2. The van der Waals surface area contributed by atoms with Gasteiger partial charge in [-0.3, -0.25) is 0 Å². The number of aromatic hydroxyl groups is 2. The van der Waals surface area contributed by atoms with Gasteiger partial charge in [-0.2, -0.15) is 0 Å². The molecule has 2 N–H and O–H groups in total. The van der Waals surface area contributed by atoms with Gasteiger partial charge >= 0.3 is 0 Å². The minimum absolute atomic E-state index is 0.0131. The summed E-state index contributed by atoms with van der Waals surface area (Å²) in [5.74, 6) is 3.58. The Balaban J connectivity index is 1.88. The molecule has 2 aliphatic carbocycles. The van der Waals surface area contributed by atoms with Crippen molar-refractivity contribution in [3.63, 3.8) is 0 Å². The molecule has 4 atom stereocenters. The molecule has 24 heavy (non-hydrogen) atoms. The Bertz CT molecular complexity index is 671. The van der Waals surface area contributed by atoms with Crippen LogP contribution in [0.4, 0.5) is 0 Å². The van der Waals surface area contributed by atoms with E-state index < -0.39 is 0 Å². The molecule has 2 nitrogen and oxygen atoms in total. The summed E-state index contributed by atoms with van der Waals surface area (Å²) in [4.78, 5) is 0. The molecule has 0 aromatic heterocycles. The van der Waals surface area contributed by atoms with E-state index in [-0.39, 0.29) is 5.41 Å². The van der Waals surface area contributed by atoms with E-state index in [4.69, 9.17) is 0 Å². The van der Waals surface area contributed by atoms with Gasteiger partial charge in [0.1, 0.15) is 11.5 Å². The third kappa shape index (κ3) is 2.08. The Morgan fingerprint density at radius 2 is 1.42 bits per heavy atom. The van der Waals surface area contributed by atoms with Crippen LogP contribution < -0.4 is 0 Å². The summed E-state index contributed by atoms with van der Waals surface area (Å²) in [5, 5.41) is 19.5. The van der Waals surface area contributed by atoms with Crippen molar-refractivity contribution < 1.29 is 10.2 Å². The normalized spacial score (nSPS) is 30.6. The summed E-state index contributed by atoms with van der Waals surface area (Å²) < 4.78 is 0. The fraction of sp³-hybridized carbons (Fsp3) is 0.455. The fourth-order valence-electron chi connectivity index (χ4n) is 5.84. The van der Waals surface area contributed by atoms with Gasteiger partial charge in [-0.15, -0.1) is 0 Å². The quantitative estimate of drug-likeness (QED) is 0.826. The minimum atomic E-state index is 0.0131. The first kappa shape index (κ1) is 15.6. The van der Waals surface area contributed by atoms with Crippen molar-refractivity contribution in [2.45, 2.75) is 38.5 Å². The predicted molar refractivity (Wildman–Crippen MR) is 96.2 cm³/mol. The van der Waals surface area contributed by atoms with Crippen molar-refractivity contribution >= 4 is 0 Å². The van der Waals surface area contributed by atoms with Crippen LogP contribution in [-0.2, 0) is 5.41 Å². The van der Waals surface area contributed by atoms with Crippen LogP contribution in [0.15, 0.2) is 48.5 Å². The van der Waals surface area contributed by atoms with Crippen LogP contribution in [0.1, 0.15) is 44.2 Å². The summed E-state index contributed by atoms with van der Waals surface area (Å²) in [5.41, 5.74) is 2.63. The lowest BCUT2D eigenvalue weighted by atomic mass is 9.58. The van der Waals surface area contributed by atoms with Gasteiger partial charge in [0.25, 0.3) is 0 Å². The number of phenols is 2. The molecule has 0 aliphatic heterocycles. The first-order chi connectivity index (χ1) is 11.6. The smallest absolute Gasteiger partial charge is 0.115 e. The van der Waals surface area contributed by atoms with E-state index in [0.717, 1.165) is 17.8 Å². The van der Waals surface area contributed by atoms with Crippen molar-refractivity contribution in [3.05, 3.63) is 59.7 Å². The van der Waals surface area contributed by atoms with Crippen molar-refractivity contribution in [2.75, 3.05) is 0 Å². The molecule has 2 bridgehead atoms. The second kappa shape index (κ2) is 5.54. The third-order valence-corrected chi connectivity index (χ3v) is 6.95. The van der Waals surface area contributed by atoms with Gasteiger partial charge in [0, 0.05) is 5.41 Å². The highest BCUT2D eigenvalue weighted by Gasteiger charge is 2.59. The van der Waals surface area contributed by atoms with Crippen LogP contribution in [-0.4, -0.2) is 10.2 Å². The lowest BCUT2D eigenvalue weighted by Gasteiger charge is -2.45. The maximum Gasteiger partial charge on any atom is 0.115 e. The Labute approximate surface area is 144 Å². The number of benzene rings is 2. The van der Waals surface area contributed by atoms with E-state index >= 15 is 0 Å². The van der Waals surface area contributed by atoms with Gasteiger partial charge in [-0.05, 0) is 71.9 Å². The van der Waals surface area contributed by atoms with Gasteiger partial charge in [0.2, 0.25) is 0 Å². The Morgan fingerprint density at radius 3 is 1.83 bits per heavy atom. The second-order valence-corrected chi connectivity index (χ2v) is 7.80. The van der Waals surface area contributed by atoms with E-state index in [1.807, 2.05) is 24.3 Å². The van der Waals surface area contributed by atoms with Crippen molar-refractivity contribution in [3.8, 4) is 11.5 Å². The minimum Gasteiger partial charge on any atom is -0.508 e. The van der Waals surface area contributed by atoms with Crippen LogP contribution in [0.25, 0.3) is 0 Å². The molecule has 0 spiro atoms. The third-order valence-electron chi connectivity index (χ3n) is 6.95. The van der Waals surface area contributed by atoms with Crippen LogP contribution in [0.3, 0.4) is 0 Å². The van der Waals surface area contributed by atoms with Gasteiger partial charge < -0.3 is 10.2 Å². The Morgan fingerprint density at radius 1 is 0.917 bits per heavy atom. The molecule has 0 saturated heterocycles. The van der Waals surface area contributed by atoms with Gasteiger partial charge in [0.05, 0.1) is 0 Å². The predicted octanol–water partition coefficient (Wildman–Crippen LogP) is 5.09. The average Bonchev–Trinajstić information content (AvgIpc) is 3.12. The first-order valence-corrected chi connectivity index (χ1v) is 9.15. The van der Waals surface area contributed by atoms with Gasteiger partial charge in [-0.25, -0.2) is 0 Å². The zero-order chi connectivity index (χ0) is 16.9. The lowest BCUT2D eigenvalue weighted by molar-refractivity contribution is 0.162. The molecule has 2 aromatic carbocycles. The molecule has 2 fully saturated rings. The van der Waals surface area contributed by atoms with Crippen molar-refractivity contribution in [1.29, 1.82) is 0 Å². The van der Waals surface area contributed by atoms with E-state index in [9.17, 15) is 10.2 Å². The number of hydrogen-bond acceptors (Lipinski definition) is 2. The van der Waals surface area contributed by atoms with E-state index in [0.29, 0.717) is 17.4 Å². The molecule has 0 amide bonds. The zero-order valence-electron chi connectivity index (χ0n) is 14.4. The van der Waals surface area contributed by atoms with Crippen molar-refractivity contribution in [2.24, 2.45) is 23.7 Å². The topological polar surface area (TPSA) is 40.5 Å². The molecular weight excluding hydrogens is 296 g/mol. The monoisotopic (exact) mass is 322 g/mol. The van der Waals surface area contributed by atoms with Crippen LogP contribution >= 0.6 is 0 Å². The first-order valence-electron chi connectivity index (χ1n) is 9.15. The average molecular weight is 322 g/mol. The highest BCUT2D eigenvalue weighted by molar-refractivity contribution is 5.46. The number of hydrogen-bond donors (Lipinski definition) is 2. The largest absolute Gasteiger partial charge is 0.508 e. The standard InChI is InChI=1S/C22H26O2/c1-3-20-14(2)15-12-21(20)22(13-15,16-4-8-18(23)9-5-16)17-6-10-19(24)11-7-17/h4-11,14-15,20-21,23-24H,3,12-13H2,1-2H3. The summed E-state index contributed by atoms with van der Waals surface area (Å²) in [6, 6.07) is 15.6. The SMILES string of the molecule is CCC1C(C)C2CC1C(c1ccc(O)cc1)(c1ccc(O)cc1)C2. The zero-order valence-corrected chi connectivity index (χ0v) is 14.4. The van der Waals surface area contributed by atoms with E-state index in [2.05, 4.69) is 38.1 Å². The molecule has 4 unspecified atom stereocenters. The number of rotatable bonds is 3. The van der Waals surface area contributed by atoms with E-state index in [1.54, 1.807) is 0 Å². The summed E-state index contributed by atoms with van der Waals surface area (Å²) in [7, 11) is 0. The number of fused-ring (bicyclic) bond motifs is 2. The molecular formula is C22H26O2. The Kier molecular flexibility index (Phi) is 3.59. The van der Waals surface area contributed by atoms with E-state index in [1.165, 1.54) is 30.4 Å². The molecule has 2 aromatic rings. The van der Waals surface area contributed by atoms with Gasteiger partial charge in [-0.1, -0.05) is 44.5 Å². The maximum atomic E-state index is 9.73. The molecule has 2 saturated carbocycles. The van der Waals surface area contributed by atoms with Crippen molar-refractivity contribution in [1.82, 2.24) is 0 Å². The molecule has 0 heterocycles. The van der Waals surface area contributed by atoms with Crippen LogP contribution in [0.5, 0.6) is 11.5 Å². The Hall–Kier alpha value is -1.96. The van der Waals surface area contributed by atoms with Gasteiger partial charge in [0.15, 0.2) is 0 Å². The van der Waals surface area contributed by atoms with Crippen LogP contribution in [0, 0.1) is 23.7 Å². The fourth-order valence-corrected chi connectivity index (χ4v) is 5.84. The van der Waals surface area contributed by atoms with Crippen LogP contribution in [0.2, 0.25) is 0 Å². The highest BCUT2D eigenvalue weighted by atomic mass is 16.3. The summed E-state index contributed by atoms with van der Waals surface area (Å²) in [6.07, 6.45) is 3.69. The summed E-state index contributed by atoms with van der Waals surface area (Å²) in [6.45, 7) is 4.75. The molecule has 126 valence electrons. The lowest BCUT2D eigenvalue weighted by Crippen LogP contribution is -2.40. The molecule has 2 aliphatic rings. The second-order valence-electron chi connectivity index (χ2n) is 7.80. The summed E-state index contributed by atoms with van der Waals surface area (Å²) >= 11 is 0. The highest BCUT2D eigenvalue weighted by Crippen LogP contribution is 2.65. The molecule has 0 radical (unpaired) electrons. The maximum absolute atomic E-state index is 9.73.